The second-order valence-corrected chi connectivity index (χ2v) is 8.69. The zero-order chi connectivity index (χ0) is 22.0. The van der Waals surface area contributed by atoms with Crippen molar-refractivity contribution < 1.29 is 19.1 Å². The fourth-order valence-electron chi connectivity index (χ4n) is 2.74. The van der Waals surface area contributed by atoms with E-state index in [4.69, 9.17) is 21.1 Å². The Balaban J connectivity index is 1.64. The summed E-state index contributed by atoms with van der Waals surface area (Å²) in [5, 5.41) is 0.518. The van der Waals surface area contributed by atoms with Gasteiger partial charge < -0.3 is 9.47 Å². The lowest BCUT2D eigenvalue weighted by molar-refractivity contribution is -0.129. The monoisotopic (exact) mass is 559 g/mol. The van der Waals surface area contributed by atoms with Gasteiger partial charge in [0.05, 0.1) is 5.56 Å². The van der Waals surface area contributed by atoms with Crippen molar-refractivity contribution >= 4 is 67.4 Å². The molecule has 0 N–H and O–H groups in total. The number of esters is 2. The molecule has 8 heteroatoms. The molecule has 0 saturated heterocycles. The molecular formula is C23H12Br2ClNO4. The SMILES string of the molecule is O=C1OC(c2ccc(Br)cc2)=N/C1=C/c1cc(Br)ccc1OC(=O)c1ccc(Cl)cc1. The Morgan fingerprint density at radius 1 is 0.968 bits per heavy atom. The molecule has 0 fully saturated rings. The van der Waals surface area contributed by atoms with Gasteiger partial charge in [-0.3, -0.25) is 0 Å². The van der Waals surface area contributed by atoms with E-state index in [2.05, 4.69) is 36.9 Å². The molecule has 5 nitrogen and oxygen atoms in total. The van der Waals surface area contributed by atoms with Crippen LogP contribution >= 0.6 is 43.5 Å². The Hall–Kier alpha value is -2.74. The summed E-state index contributed by atoms with van der Waals surface area (Å²) in [6, 6.07) is 18.7. The average molecular weight is 562 g/mol. The van der Waals surface area contributed by atoms with E-state index >= 15 is 0 Å². The van der Waals surface area contributed by atoms with Crippen LogP contribution in [0.5, 0.6) is 5.75 Å². The zero-order valence-corrected chi connectivity index (χ0v) is 19.6. The molecule has 0 saturated carbocycles. The van der Waals surface area contributed by atoms with Gasteiger partial charge in [-0.1, -0.05) is 43.5 Å². The van der Waals surface area contributed by atoms with Gasteiger partial charge in [0.1, 0.15) is 5.75 Å². The van der Waals surface area contributed by atoms with Crippen molar-refractivity contribution in [2.45, 2.75) is 0 Å². The summed E-state index contributed by atoms with van der Waals surface area (Å²) in [5.41, 5.74) is 1.61. The van der Waals surface area contributed by atoms with Crippen LogP contribution in [0.25, 0.3) is 6.08 Å². The summed E-state index contributed by atoms with van der Waals surface area (Å²) in [6.07, 6.45) is 1.52. The molecule has 1 aliphatic heterocycles. The highest BCUT2D eigenvalue weighted by atomic mass is 79.9. The van der Waals surface area contributed by atoms with Crippen molar-refractivity contribution in [1.82, 2.24) is 0 Å². The molecule has 0 amide bonds. The van der Waals surface area contributed by atoms with Crippen LogP contribution in [-0.2, 0) is 9.53 Å². The number of halogens is 3. The maximum absolute atomic E-state index is 12.5. The molecule has 4 rings (SSSR count). The number of benzene rings is 3. The van der Waals surface area contributed by atoms with Crippen LogP contribution in [0.2, 0.25) is 5.02 Å². The Morgan fingerprint density at radius 3 is 2.35 bits per heavy atom. The van der Waals surface area contributed by atoms with Gasteiger partial charge in [-0.2, -0.15) is 0 Å². The van der Waals surface area contributed by atoms with Gasteiger partial charge in [-0.05, 0) is 72.8 Å². The van der Waals surface area contributed by atoms with E-state index in [1.54, 1.807) is 54.6 Å². The highest BCUT2D eigenvalue weighted by Gasteiger charge is 2.25. The van der Waals surface area contributed by atoms with Crippen molar-refractivity contribution in [2.24, 2.45) is 4.99 Å². The zero-order valence-electron chi connectivity index (χ0n) is 15.6. The van der Waals surface area contributed by atoms with Gasteiger partial charge in [-0.15, -0.1) is 0 Å². The Bertz CT molecular complexity index is 1240. The third-order valence-electron chi connectivity index (χ3n) is 4.26. The van der Waals surface area contributed by atoms with Crippen molar-refractivity contribution in [3.05, 3.63) is 103 Å². The summed E-state index contributed by atoms with van der Waals surface area (Å²) in [7, 11) is 0. The maximum atomic E-state index is 12.5. The highest BCUT2D eigenvalue weighted by Crippen LogP contribution is 2.29. The summed E-state index contributed by atoms with van der Waals surface area (Å²) in [4.78, 5) is 29.2. The van der Waals surface area contributed by atoms with Gasteiger partial charge >= 0.3 is 11.9 Å². The van der Waals surface area contributed by atoms with Crippen molar-refractivity contribution in [3.8, 4) is 5.75 Å². The van der Waals surface area contributed by atoms with E-state index in [-0.39, 0.29) is 17.3 Å². The summed E-state index contributed by atoms with van der Waals surface area (Å²) in [5.74, 6) is -0.659. The summed E-state index contributed by atoms with van der Waals surface area (Å²) in [6.45, 7) is 0. The molecule has 0 radical (unpaired) electrons. The van der Waals surface area contributed by atoms with Gasteiger partial charge in [-0.25, -0.2) is 14.6 Å². The van der Waals surface area contributed by atoms with Gasteiger partial charge in [0.2, 0.25) is 5.90 Å². The number of carbonyl (C=O) groups is 2. The topological polar surface area (TPSA) is 65.0 Å². The minimum Gasteiger partial charge on any atom is -0.422 e. The van der Waals surface area contributed by atoms with Gasteiger partial charge in [0.25, 0.3) is 0 Å². The Kier molecular flexibility index (Phi) is 6.36. The second-order valence-electron chi connectivity index (χ2n) is 6.42. The Labute approximate surface area is 199 Å². The van der Waals surface area contributed by atoms with Gasteiger partial charge in [0.15, 0.2) is 5.70 Å². The van der Waals surface area contributed by atoms with Crippen LogP contribution in [0.15, 0.2) is 86.4 Å². The first-order valence-corrected chi connectivity index (χ1v) is 10.9. The fourth-order valence-corrected chi connectivity index (χ4v) is 3.51. The number of cyclic esters (lactones) is 1. The fraction of sp³-hybridized carbons (Fsp3) is 0. The van der Waals surface area contributed by atoms with Crippen LogP contribution in [-0.4, -0.2) is 17.8 Å². The molecule has 3 aromatic rings. The number of nitrogens with zero attached hydrogens (tertiary/aromatic N) is 1. The van der Waals surface area contributed by atoms with Crippen molar-refractivity contribution in [1.29, 1.82) is 0 Å². The Morgan fingerprint density at radius 2 is 1.65 bits per heavy atom. The molecule has 0 bridgehead atoms. The number of aliphatic imine (C=N–C) groups is 1. The molecule has 154 valence electrons. The number of hydrogen-bond donors (Lipinski definition) is 0. The first-order chi connectivity index (χ1) is 14.9. The predicted octanol–water partition coefficient (Wildman–Crippen LogP) is 6.43. The maximum Gasteiger partial charge on any atom is 0.363 e. The van der Waals surface area contributed by atoms with E-state index < -0.39 is 11.9 Å². The largest absolute Gasteiger partial charge is 0.422 e. The van der Waals surface area contributed by atoms with Crippen LogP contribution in [0.1, 0.15) is 21.5 Å². The average Bonchev–Trinajstić information content (AvgIpc) is 3.11. The molecule has 1 heterocycles. The molecule has 3 aromatic carbocycles. The highest BCUT2D eigenvalue weighted by molar-refractivity contribution is 9.10. The number of rotatable bonds is 4. The van der Waals surface area contributed by atoms with Crippen LogP contribution in [0.3, 0.4) is 0 Å². The first-order valence-electron chi connectivity index (χ1n) is 8.95. The van der Waals surface area contributed by atoms with Gasteiger partial charge in [0, 0.05) is 25.1 Å². The van der Waals surface area contributed by atoms with E-state index in [1.165, 1.54) is 6.08 Å². The van der Waals surface area contributed by atoms with Crippen molar-refractivity contribution in [3.63, 3.8) is 0 Å². The molecular weight excluding hydrogens is 550 g/mol. The summed E-state index contributed by atoms with van der Waals surface area (Å²) < 4.78 is 12.5. The van der Waals surface area contributed by atoms with E-state index in [1.807, 2.05) is 12.1 Å². The quantitative estimate of drug-likeness (QED) is 0.209. The molecule has 31 heavy (non-hydrogen) atoms. The molecule has 0 aliphatic carbocycles. The van der Waals surface area contributed by atoms with Crippen LogP contribution in [0.4, 0.5) is 0 Å². The molecule has 0 unspecified atom stereocenters. The number of ether oxygens (including phenoxy) is 2. The lowest BCUT2D eigenvalue weighted by Crippen LogP contribution is -2.09. The lowest BCUT2D eigenvalue weighted by Gasteiger charge is -2.08. The smallest absolute Gasteiger partial charge is 0.363 e. The van der Waals surface area contributed by atoms with Crippen LogP contribution in [0, 0.1) is 0 Å². The summed E-state index contributed by atoms with van der Waals surface area (Å²) >= 11 is 12.6. The molecule has 0 atom stereocenters. The molecule has 1 aliphatic rings. The third-order valence-corrected chi connectivity index (χ3v) is 5.53. The molecule has 0 spiro atoms. The lowest BCUT2D eigenvalue weighted by atomic mass is 10.1. The minimum atomic E-state index is -0.590. The minimum absolute atomic E-state index is 0.0970. The second kappa shape index (κ2) is 9.18. The number of hydrogen-bond acceptors (Lipinski definition) is 5. The van der Waals surface area contributed by atoms with E-state index in [0.717, 1.165) is 8.95 Å². The third kappa shape index (κ3) is 5.12. The normalized spacial score (nSPS) is 14.4. The predicted molar refractivity (Wildman–Crippen MR) is 125 cm³/mol. The number of carbonyl (C=O) groups excluding carboxylic acids is 2. The standard InChI is InChI=1S/C23H12Br2ClNO4/c24-16-5-1-13(2-6-16)21-27-19(23(29)31-21)12-15-11-17(25)7-10-20(15)30-22(28)14-3-8-18(26)9-4-14/h1-12H/b19-12+. The first kappa shape index (κ1) is 21.5. The molecule has 0 aromatic heterocycles. The van der Waals surface area contributed by atoms with Crippen molar-refractivity contribution in [2.75, 3.05) is 0 Å². The van der Waals surface area contributed by atoms with Crippen LogP contribution < -0.4 is 4.74 Å². The van der Waals surface area contributed by atoms with E-state index in [0.29, 0.717) is 21.7 Å². The van der Waals surface area contributed by atoms with E-state index in [9.17, 15) is 9.59 Å².